The summed E-state index contributed by atoms with van der Waals surface area (Å²) in [5.74, 6) is 2.21. The smallest absolute Gasteiger partial charge is 0.303 e. The second-order valence-corrected chi connectivity index (χ2v) is 13.5. The normalized spacial score (nSPS) is 47.7. The minimum absolute atomic E-state index is 0.0268. The molecule has 1 saturated heterocycles. The van der Waals surface area contributed by atoms with Crippen molar-refractivity contribution in [3.05, 3.63) is 12.2 Å². The van der Waals surface area contributed by atoms with Crippen LogP contribution in [0.5, 0.6) is 0 Å². The van der Waals surface area contributed by atoms with Gasteiger partial charge in [-0.15, -0.1) is 0 Å². The zero-order valence-corrected chi connectivity index (χ0v) is 22.0. The number of aliphatic hydroxyl groups is 1. The third kappa shape index (κ3) is 4.11. The monoisotopic (exact) mass is 460 g/mol. The van der Waals surface area contributed by atoms with Gasteiger partial charge in [-0.05, 0) is 126 Å². The predicted octanol–water partition coefficient (Wildman–Crippen LogP) is 6.61. The van der Waals surface area contributed by atoms with Gasteiger partial charge in [0.1, 0.15) is 0 Å². The Morgan fingerprint density at radius 3 is 2.15 bits per heavy atom. The Hall–Kier alpha value is -0.870. The summed E-state index contributed by atoms with van der Waals surface area (Å²) in [5.41, 5.74) is 0.643. The Balaban J connectivity index is 1.59. The maximum Gasteiger partial charge on any atom is 0.303 e. The summed E-state index contributed by atoms with van der Waals surface area (Å²) < 4.78 is 6.65. The summed E-state index contributed by atoms with van der Waals surface area (Å²) in [6.45, 7) is 17.5. The summed E-state index contributed by atoms with van der Waals surface area (Å²) in [6, 6.07) is 0. The summed E-state index contributed by atoms with van der Waals surface area (Å²) in [7, 11) is 0. The molecule has 9 atom stereocenters. The summed E-state index contributed by atoms with van der Waals surface area (Å²) in [5, 5.41) is 20.1. The molecule has 0 bridgehead atoms. The molecule has 33 heavy (non-hydrogen) atoms. The van der Waals surface area contributed by atoms with Gasteiger partial charge >= 0.3 is 5.97 Å². The van der Waals surface area contributed by atoms with E-state index in [2.05, 4.69) is 34.3 Å². The van der Waals surface area contributed by atoms with Crippen molar-refractivity contribution in [2.75, 3.05) is 0 Å². The Morgan fingerprint density at radius 1 is 0.970 bits per heavy atom. The molecule has 4 fully saturated rings. The van der Waals surface area contributed by atoms with Gasteiger partial charge in [-0.3, -0.25) is 4.79 Å². The van der Waals surface area contributed by atoms with Crippen LogP contribution in [0.1, 0.15) is 106 Å². The number of hydrogen-bond acceptors (Lipinski definition) is 3. The van der Waals surface area contributed by atoms with E-state index in [1.807, 2.05) is 13.8 Å². The lowest BCUT2D eigenvalue weighted by Crippen LogP contribution is -2.54. The second kappa shape index (κ2) is 8.36. The number of carboxylic acid groups (broad SMARTS) is 1. The van der Waals surface area contributed by atoms with Crippen molar-refractivity contribution in [2.45, 2.75) is 123 Å². The molecule has 4 rings (SSSR count). The summed E-state index contributed by atoms with van der Waals surface area (Å²) >= 11 is 0. The molecule has 4 aliphatic rings. The molecule has 188 valence electrons. The predicted molar refractivity (Wildman–Crippen MR) is 132 cm³/mol. The highest BCUT2D eigenvalue weighted by molar-refractivity contribution is 5.66. The molecule has 3 aliphatic carbocycles. The average Bonchev–Trinajstić information content (AvgIpc) is 3.28. The van der Waals surface area contributed by atoms with Gasteiger partial charge in [0, 0.05) is 6.42 Å². The molecule has 4 heteroatoms. The van der Waals surface area contributed by atoms with Gasteiger partial charge in [0.2, 0.25) is 0 Å². The molecule has 4 nitrogen and oxygen atoms in total. The van der Waals surface area contributed by atoms with Crippen molar-refractivity contribution in [2.24, 2.45) is 40.4 Å². The van der Waals surface area contributed by atoms with E-state index in [0.717, 1.165) is 25.7 Å². The van der Waals surface area contributed by atoms with E-state index in [1.54, 1.807) is 0 Å². The Labute approximate surface area is 201 Å². The minimum Gasteiger partial charge on any atom is -0.481 e. The van der Waals surface area contributed by atoms with Crippen LogP contribution in [0, 0.1) is 40.4 Å². The first-order chi connectivity index (χ1) is 15.2. The number of allylic oxidation sites excluding steroid dienone is 1. The van der Waals surface area contributed by atoms with Crippen LogP contribution in [0.3, 0.4) is 0 Å². The van der Waals surface area contributed by atoms with Gasteiger partial charge in [-0.2, -0.15) is 0 Å². The Bertz CT molecular complexity index is 783. The zero-order chi connectivity index (χ0) is 24.4. The van der Waals surface area contributed by atoms with Crippen LogP contribution in [0.2, 0.25) is 0 Å². The van der Waals surface area contributed by atoms with Crippen molar-refractivity contribution in [3.8, 4) is 0 Å². The topological polar surface area (TPSA) is 66.8 Å². The van der Waals surface area contributed by atoms with E-state index in [1.165, 1.54) is 37.7 Å². The van der Waals surface area contributed by atoms with Gasteiger partial charge in [0.05, 0.1) is 17.3 Å². The van der Waals surface area contributed by atoms with E-state index >= 15 is 0 Å². The molecule has 2 N–H and O–H groups in total. The standard InChI is InChI=1S/C29H48O4/c1-18(2)19-8-9-21-20(27(19,5)16-14-25(30)31)10-11-22-23(12-15-28(21,22)6)29(7)17-13-24(33-29)26(3,4)32/h19-24,32H,1,8-17H2,2-7H3,(H,30,31)/t19-,20-,21+,22-,23-,24-,27-,28+,29-/m0/s1. The van der Waals surface area contributed by atoms with Crippen molar-refractivity contribution in [3.63, 3.8) is 0 Å². The van der Waals surface area contributed by atoms with Crippen LogP contribution in [0.25, 0.3) is 0 Å². The van der Waals surface area contributed by atoms with Crippen molar-refractivity contribution in [1.29, 1.82) is 0 Å². The first-order valence-electron chi connectivity index (χ1n) is 13.5. The van der Waals surface area contributed by atoms with E-state index in [-0.39, 0.29) is 23.5 Å². The molecule has 0 aromatic rings. The Morgan fingerprint density at radius 2 is 1.58 bits per heavy atom. The third-order valence-electron chi connectivity index (χ3n) is 11.2. The SMILES string of the molecule is C=C(C)[C@@H]1CC[C@@H]2[C@H](CC[C@H]3[C@@H]([C@]4(C)CC[C@@H](C(C)(C)O)O4)CC[C@]23C)[C@@]1(C)CCC(=O)O. The zero-order valence-electron chi connectivity index (χ0n) is 22.0. The fourth-order valence-electron chi connectivity index (χ4n) is 9.49. The molecule has 1 heterocycles. The largest absolute Gasteiger partial charge is 0.481 e. The number of carbonyl (C=O) groups is 1. The first kappa shape index (κ1) is 25.2. The number of hydrogen-bond donors (Lipinski definition) is 2. The molecule has 0 unspecified atom stereocenters. The second-order valence-electron chi connectivity index (χ2n) is 13.5. The van der Waals surface area contributed by atoms with Crippen LogP contribution in [-0.2, 0) is 9.53 Å². The van der Waals surface area contributed by atoms with Crippen molar-refractivity contribution < 1.29 is 19.7 Å². The molecule has 0 spiro atoms. The molecular formula is C29H48O4. The molecule has 0 aromatic heterocycles. The van der Waals surface area contributed by atoms with Crippen molar-refractivity contribution >= 4 is 5.97 Å². The van der Waals surface area contributed by atoms with Crippen LogP contribution in [-0.4, -0.2) is 33.5 Å². The fourth-order valence-corrected chi connectivity index (χ4v) is 9.49. The average molecular weight is 461 g/mol. The van der Waals surface area contributed by atoms with E-state index in [0.29, 0.717) is 35.0 Å². The van der Waals surface area contributed by atoms with E-state index < -0.39 is 11.6 Å². The summed E-state index contributed by atoms with van der Waals surface area (Å²) in [6.07, 6.45) is 10.2. The molecule has 1 aliphatic heterocycles. The highest BCUT2D eigenvalue weighted by Crippen LogP contribution is 2.69. The van der Waals surface area contributed by atoms with Crippen LogP contribution in [0.15, 0.2) is 12.2 Å². The number of ether oxygens (including phenoxy) is 1. The van der Waals surface area contributed by atoms with E-state index in [4.69, 9.17) is 4.74 Å². The molecule has 3 saturated carbocycles. The van der Waals surface area contributed by atoms with E-state index in [9.17, 15) is 15.0 Å². The van der Waals surface area contributed by atoms with Crippen LogP contribution < -0.4 is 0 Å². The molecule has 0 aromatic carbocycles. The van der Waals surface area contributed by atoms with Gasteiger partial charge in [0.25, 0.3) is 0 Å². The first-order valence-corrected chi connectivity index (χ1v) is 13.5. The highest BCUT2D eigenvalue weighted by Gasteiger charge is 2.63. The third-order valence-corrected chi connectivity index (χ3v) is 11.2. The van der Waals surface area contributed by atoms with Gasteiger partial charge in [-0.1, -0.05) is 26.0 Å². The highest BCUT2D eigenvalue weighted by atomic mass is 16.5. The van der Waals surface area contributed by atoms with Gasteiger partial charge in [-0.25, -0.2) is 0 Å². The van der Waals surface area contributed by atoms with Gasteiger partial charge in [0.15, 0.2) is 0 Å². The quantitative estimate of drug-likeness (QED) is 0.438. The number of carboxylic acids is 1. The fraction of sp³-hybridized carbons (Fsp3) is 0.897. The minimum atomic E-state index is -0.787. The number of rotatable bonds is 6. The lowest BCUT2D eigenvalue weighted by atomic mass is 9.44. The van der Waals surface area contributed by atoms with Crippen molar-refractivity contribution in [1.82, 2.24) is 0 Å². The van der Waals surface area contributed by atoms with Gasteiger partial charge < -0.3 is 14.9 Å². The maximum absolute atomic E-state index is 11.5. The lowest BCUT2D eigenvalue weighted by molar-refractivity contribution is -0.158. The van der Waals surface area contributed by atoms with Crippen LogP contribution in [0.4, 0.5) is 0 Å². The lowest BCUT2D eigenvalue weighted by Gasteiger charge is -2.61. The molecular weight excluding hydrogens is 412 g/mol. The number of aliphatic carboxylic acids is 1. The maximum atomic E-state index is 11.5. The van der Waals surface area contributed by atoms with Crippen LogP contribution >= 0.6 is 0 Å². The Kier molecular flexibility index (Phi) is 6.39. The number of fused-ring (bicyclic) bond motifs is 3. The summed E-state index contributed by atoms with van der Waals surface area (Å²) in [4.78, 5) is 11.5. The molecule has 0 radical (unpaired) electrons. The molecule has 0 amide bonds.